The second-order valence-corrected chi connectivity index (χ2v) is 9.12. The number of benzene rings is 1. The van der Waals surface area contributed by atoms with Crippen molar-refractivity contribution in [2.75, 3.05) is 6.54 Å². The molecule has 0 aliphatic carbocycles. The number of hydrogen-bond donors (Lipinski definition) is 1. The van der Waals surface area contributed by atoms with E-state index in [-0.39, 0.29) is 31.0 Å². The van der Waals surface area contributed by atoms with E-state index < -0.39 is 29.7 Å². The molecule has 2 fully saturated rings. The van der Waals surface area contributed by atoms with Gasteiger partial charge in [0.05, 0.1) is 0 Å². The summed E-state index contributed by atoms with van der Waals surface area (Å²) in [5.41, 5.74) is 8.88. The second kappa shape index (κ2) is 9.91. The average Bonchev–Trinajstić information content (AvgIpc) is 3.17. The Balaban J connectivity index is 1.72. The monoisotopic (exact) mass is 443 g/mol. The number of rotatable bonds is 6. The van der Waals surface area contributed by atoms with Crippen LogP contribution < -0.4 is 5.32 Å². The lowest BCUT2D eigenvalue weighted by atomic mass is 9.86. The Labute approximate surface area is 186 Å². The molecule has 10 nitrogen and oxygen atoms in total. The fourth-order valence-electron chi connectivity index (χ4n) is 4.29. The lowest BCUT2D eigenvalue weighted by molar-refractivity contribution is -0.166. The Morgan fingerprint density at radius 2 is 1.97 bits per heavy atom. The minimum Gasteiger partial charge on any atom is -0.458 e. The number of ether oxygens (including phenoxy) is 2. The first kappa shape index (κ1) is 23.4. The molecule has 32 heavy (non-hydrogen) atoms. The summed E-state index contributed by atoms with van der Waals surface area (Å²) in [6, 6.07) is 7.35. The van der Waals surface area contributed by atoms with Crippen molar-refractivity contribution in [2.24, 2.45) is 11.0 Å². The fourth-order valence-corrected chi connectivity index (χ4v) is 4.29. The van der Waals surface area contributed by atoms with Gasteiger partial charge in [-0.2, -0.15) is 0 Å². The van der Waals surface area contributed by atoms with Crippen molar-refractivity contribution in [3.63, 3.8) is 0 Å². The molecule has 1 aromatic carbocycles. The largest absolute Gasteiger partial charge is 0.458 e. The van der Waals surface area contributed by atoms with E-state index in [2.05, 4.69) is 15.3 Å². The summed E-state index contributed by atoms with van der Waals surface area (Å²) in [7, 11) is 0. The minimum atomic E-state index is -0.955. The van der Waals surface area contributed by atoms with Crippen molar-refractivity contribution >= 4 is 18.0 Å². The maximum atomic E-state index is 13.4. The van der Waals surface area contributed by atoms with E-state index in [4.69, 9.17) is 15.0 Å². The van der Waals surface area contributed by atoms with E-state index in [0.717, 1.165) is 5.56 Å². The van der Waals surface area contributed by atoms with Crippen LogP contribution in [0.15, 0.2) is 35.4 Å². The van der Waals surface area contributed by atoms with Gasteiger partial charge in [-0.15, -0.1) is 0 Å². The highest BCUT2D eigenvalue weighted by Gasteiger charge is 2.50. The maximum absolute atomic E-state index is 13.4. The predicted molar refractivity (Wildman–Crippen MR) is 115 cm³/mol. The summed E-state index contributed by atoms with van der Waals surface area (Å²) >= 11 is 0. The molecule has 3 rings (SSSR count). The van der Waals surface area contributed by atoms with Gasteiger partial charge >= 0.3 is 12.1 Å². The molecule has 172 valence electrons. The molecule has 0 spiro atoms. The number of azide groups is 1. The second-order valence-electron chi connectivity index (χ2n) is 9.12. The van der Waals surface area contributed by atoms with Gasteiger partial charge in [0.2, 0.25) is 5.91 Å². The van der Waals surface area contributed by atoms with Crippen LogP contribution in [0.5, 0.6) is 0 Å². The smallest absolute Gasteiger partial charge is 0.408 e. The molecule has 2 saturated heterocycles. The van der Waals surface area contributed by atoms with Crippen molar-refractivity contribution in [2.45, 2.75) is 70.4 Å². The predicted octanol–water partition coefficient (Wildman–Crippen LogP) is 3.31. The molecule has 0 saturated carbocycles. The van der Waals surface area contributed by atoms with Gasteiger partial charge in [0.15, 0.2) is 0 Å². The number of carbonyl (C=O) groups is 3. The number of amides is 2. The van der Waals surface area contributed by atoms with Crippen molar-refractivity contribution in [1.29, 1.82) is 0 Å². The number of nitrogens with zero attached hydrogens (tertiary/aromatic N) is 4. The minimum absolute atomic E-state index is 0.0570. The van der Waals surface area contributed by atoms with E-state index in [0.29, 0.717) is 19.3 Å². The first-order valence-electron chi connectivity index (χ1n) is 10.7. The van der Waals surface area contributed by atoms with Gasteiger partial charge in [-0.05, 0) is 57.0 Å². The standard InChI is InChI=1S/C22H29N5O5/c1-22(2,3)32-20(29)17-10-9-16-11-15(12-24-26-23)18(19(28)27(16)17)25-21(30)31-13-14-7-5-4-6-8-14/h4-8,15-18H,9-13H2,1-3H3,(H,25,30)/t15-,16-,17-,18+/m1/s1. The van der Waals surface area contributed by atoms with Gasteiger partial charge in [0.25, 0.3) is 0 Å². The van der Waals surface area contributed by atoms with Gasteiger partial charge in [0, 0.05) is 17.5 Å². The van der Waals surface area contributed by atoms with Crippen LogP contribution >= 0.6 is 0 Å². The maximum Gasteiger partial charge on any atom is 0.408 e. The highest BCUT2D eigenvalue weighted by Crippen LogP contribution is 2.36. The number of nitrogens with one attached hydrogen (secondary N) is 1. The summed E-state index contributed by atoms with van der Waals surface area (Å²) in [5.74, 6) is -1.22. The lowest BCUT2D eigenvalue weighted by Gasteiger charge is -2.41. The molecule has 2 aliphatic rings. The van der Waals surface area contributed by atoms with Crippen LogP contribution in [0.2, 0.25) is 0 Å². The fraction of sp³-hybridized carbons (Fsp3) is 0.591. The molecule has 10 heteroatoms. The third-order valence-corrected chi connectivity index (χ3v) is 5.61. The summed E-state index contributed by atoms with van der Waals surface area (Å²) in [6.45, 7) is 5.45. The molecule has 0 unspecified atom stereocenters. The highest BCUT2D eigenvalue weighted by molar-refractivity contribution is 5.91. The van der Waals surface area contributed by atoms with Crippen molar-refractivity contribution in [1.82, 2.24) is 10.2 Å². The molecular formula is C22H29N5O5. The van der Waals surface area contributed by atoms with E-state index in [9.17, 15) is 14.4 Å². The number of piperidine rings is 1. The van der Waals surface area contributed by atoms with E-state index in [1.807, 2.05) is 30.3 Å². The Morgan fingerprint density at radius 3 is 2.62 bits per heavy atom. The molecule has 0 bridgehead atoms. The summed E-state index contributed by atoms with van der Waals surface area (Å²) < 4.78 is 10.8. The molecule has 2 heterocycles. The van der Waals surface area contributed by atoms with Gasteiger partial charge in [-0.3, -0.25) is 4.79 Å². The Morgan fingerprint density at radius 1 is 1.25 bits per heavy atom. The van der Waals surface area contributed by atoms with Crippen LogP contribution in [-0.4, -0.2) is 53.1 Å². The molecule has 2 aliphatic heterocycles. The molecule has 0 radical (unpaired) electrons. The SMILES string of the molecule is CC(C)(C)OC(=O)[C@H]1CC[C@@H]2C[C@H](CN=[N+]=[N-])[C@H](NC(=O)OCc3ccccc3)C(=O)N21. The summed E-state index contributed by atoms with van der Waals surface area (Å²) in [5, 5.41) is 6.25. The average molecular weight is 444 g/mol. The van der Waals surface area contributed by atoms with Gasteiger partial charge in [0.1, 0.15) is 24.3 Å². The number of fused-ring (bicyclic) bond motifs is 1. The van der Waals surface area contributed by atoms with Crippen LogP contribution in [0.25, 0.3) is 10.4 Å². The molecule has 1 aromatic rings. The van der Waals surface area contributed by atoms with Crippen LogP contribution in [0, 0.1) is 5.92 Å². The van der Waals surface area contributed by atoms with Crippen molar-refractivity contribution in [3.8, 4) is 0 Å². The van der Waals surface area contributed by atoms with Gasteiger partial charge < -0.3 is 19.7 Å². The number of alkyl carbamates (subject to hydrolysis) is 1. The Hall–Kier alpha value is -3.26. The summed E-state index contributed by atoms with van der Waals surface area (Å²) in [4.78, 5) is 42.9. The molecule has 4 atom stereocenters. The molecule has 1 N–H and O–H groups in total. The summed E-state index contributed by atoms with van der Waals surface area (Å²) in [6.07, 6.45) is 0.899. The quantitative estimate of drug-likeness (QED) is 0.312. The third kappa shape index (κ3) is 5.70. The normalized spacial score (nSPS) is 24.8. The molecule has 0 aromatic heterocycles. The zero-order valence-corrected chi connectivity index (χ0v) is 18.6. The van der Waals surface area contributed by atoms with E-state index in [1.165, 1.54) is 4.90 Å². The van der Waals surface area contributed by atoms with Crippen LogP contribution in [0.4, 0.5) is 4.79 Å². The number of esters is 1. The first-order chi connectivity index (χ1) is 15.2. The zero-order chi connectivity index (χ0) is 23.3. The lowest BCUT2D eigenvalue weighted by Crippen LogP contribution is -2.62. The highest BCUT2D eigenvalue weighted by atomic mass is 16.6. The van der Waals surface area contributed by atoms with E-state index in [1.54, 1.807) is 20.8 Å². The van der Waals surface area contributed by atoms with Crippen LogP contribution in [-0.2, 0) is 25.7 Å². The topological polar surface area (TPSA) is 134 Å². The Kier molecular flexibility index (Phi) is 7.25. The first-order valence-corrected chi connectivity index (χ1v) is 10.7. The van der Waals surface area contributed by atoms with Gasteiger partial charge in [-0.25, -0.2) is 9.59 Å². The van der Waals surface area contributed by atoms with Gasteiger partial charge in [-0.1, -0.05) is 35.4 Å². The van der Waals surface area contributed by atoms with Crippen molar-refractivity contribution in [3.05, 3.63) is 46.3 Å². The molecular weight excluding hydrogens is 414 g/mol. The number of carbonyl (C=O) groups excluding carboxylic acids is 3. The molecule has 2 amide bonds. The third-order valence-electron chi connectivity index (χ3n) is 5.61. The van der Waals surface area contributed by atoms with Crippen molar-refractivity contribution < 1.29 is 23.9 Å². The number of hydrogen-bond acceptors (Lipinski definition) is 6. The van der Waals surface area contributed by atoms with Crippen LogP contribution in [0.1, 0.15) is 45.6 Å². The van der Waals surface area contributed by atoms with Crippen LogP contribution in [0.3, 0.4) is 0 Å². The Bertz CT molecular complexity index is 894. The van der Waals surface area contributed by atoms with E-state index >= 15 is 0 Å². The zero-order valence-electron chi connectivity index (χ0n) is 18.6.